The number of benzene rings is 1. The van der Waals surface area contributed by atoms with Gasteiger partial charge in [0.1, 0.15) is 5.82 Å². The van der Waals surface area contributed by atoms with Crippen LogP contribution in [0.3, 0.4) is 0 Å². The molecule has 3 heterocycles. The predicted octanol–water partition coefficient (Wildman–Crippen LogP) is 2.69. The van der Waals surface area contributed by atoms with E-state index in [1.807, 2.05) is 4.90 Å². The lowest BCUT2D eigenvalue weighted by Crippen LogP contribution is -2.61. The van der Waals surface area contributed by atoms with Crippen molar-refractivity contribution in [2.45, 2.75) is 31.7 Å². The van der Waals surface area contributed by atoms with Gasteiger partial charge in [-0.1, -0.05) is 0 Å². The molecule has 24 heavy (non-hydrogen) atoms. The number of nitrogens with zero attached hydrogens (tertiary/aromatic N) is 2. The molecule has 1 N–H and O–H groups in total. The first-order valence-electron chi connectivity index (χ1n) is 8.71. The third-order valence-electron chi connectivity index (χ3n) is 5.56. The van der Waals surface area contributed by atoms with Crippen LogP contribution in [0.4, 0.5) is 14.9 Å². The molecular weight excluding hydrogens is 309 g/mol. The van der Waals surface area contributed by atoms with Crippen LogP contribution >= 0.6 is 0 Å². The van der Waals surface area contributed by atoms with E-state index < -0.39 is 0 Å². The molecule has 0 aliphatic carbocycles. The Labute approximate surface area is 140 Å². The largest absolute Gasteiger partial charge is 0.339 e. The van der Waals surface area contributed by atoms with Gasteiger partial charge < -0.3 is 15.1 Å². The second-order valence-corrected chi connectivity index (χ2v) is 7.21. The van der Waals surface area contributed by atoms with Crippen LogP contribution in [0.25, 0.3) is 0 Å². The number of hydrogen-bond donors (Lipinski definition) is 1. The molecule has 3 saturated heterocycles. The Hall–Kier alpha value is -2.11. The van der Waals surface area contributed by atoms with E-state index in [1.165, 1.54) is 12.1 Å². The first-order chi connectivity index (χ1) is 11.6. The van der Waals surface area contributed by atoms with Gasteiger partial charge in [0.25, 0.3) is 0 Å². The molecule has 0 aromatic heterocycles. The molecule has 0 unspecified atom stereocenters. The van der Waals surface area contributed by atoms with Gasteiger partial charge in [-0.2, -0.15) is 0 Å². The monoisotopic (exact) mass is 331 g/mol. The summed E-state index contributed by atoms with van der Waals surface area (Å²) < 4.78 is 13.0. The van der Waals surface area contributed by atoms with Crippen LogP contribution in [0.2, 0.25) is 0 Å². The second-order valence-electron chi connectivity index (χ2n) is 7.21. The number of rotatable bonds is 1. The van der Waals surface area contributed by atoms with Crippen molar-refractivity contribution in [1.82, 2.24) is 9.80 Å². The zero-order valence-electron chi connectivity index (χ0n) is 13.6. The topological polar surface area (TPSA) is 52.7 Å². The van der Waals surface area contributed by atoms with E-state index in [2.05, 4.69) is 10.2 Å². The van der Waals surface area contributed by atoms with Crippen LogP contribution in [0, 0.1) is 17.7 Å². The zero-order chi connectivity index (χ0) is 16.7. The number of likely N-dealkylation sites (tertiary alicyclic amines) is 1. The van der Waals surface area contributed by atoms with E-state index in [4.69, 9.17) is 0 Å². The predicted molar refractivity (Wildman–Crippen MR) is 87.9 cm³/mol. The highest BCUT2D eigenvalue weighted by atomic mass is 19.1. The van der Waals surface area contributed by atoms with Gasteiger partial charge in [0, 0.05) is 37.8 Å². The number of halogens is 1. The van der Waals surface area contributed by atoms with Gasteiger partial charge in [0.2, 0.25) is 5.91 Å². The fourth-order valence-corrected chi connectivity index (χ4v) is 4.51. The number of carbonyl (C=O) groups is 2. The van der Waals surface area contributed by atoms with Crippen LogP contribution in [0.5, 0.6) is 0 Å². The maximum atomic E-state index is 13.0. The number of carbonyl (C=O) groups excluding carboxylic acids is 2. The smallest absolute Gasteiger partial charge is 0.321 e. The first kappa shape index (κ1) is 15.4. The van der Waals surface area contributed by atoms with Crippen molar-refractivity contribution in [3.05, 3.63) is 30.1 Å². The van der Waals surface area contributed by atoms with E-state index >= 15 is 0 Å². The van der Waals surface area contributed by atoms with Gasteiger partial charge in [-0.3, -0.25) is 4.79 Å². The van der Waals surface area contributed by atoms with E-state index in [0.717, 1.165) is 25.8 Å². The van der Waals surface area contributed by atoms with Crippen LogP contribution < -0.4 is 5.32 Å². The third kappa shape index (κ3) is 2.85. The van der Waals surface area contributed by atoms with E-state index in [9.17, 15) is 14.0 Å². The molecule has 1 aromatic carbocycles. The SMILES string of the molecule is O=C(Nc1ccc(F)cc1)N1C[C@H]2C[C@H](C1)[C@H]1CCCC(=O)N1C2. The summed E-state index contributed by atoms with van der Waals surface area (Å²) in [5.41, 5.74) is 0.603. The molecule has 3 amide bonds. The Morgan fingerprint density at radius 3 is 2.75 bits per heavy atom. The lowest BCUT2D eigenvalue weighted by molar-refractivity contribution is -0.144. The number of hydrogen-bond acceptors (Lipinski definition) is 2. The fraction of sp³-hybridized carbons (Fsp3) is 0.556. The highest BCUT2D eigenvalue weighted by Gasteiger charge is 2.44. The highest BCUT2D eigenvalue weighted by Crippen LogP contribution is 2.38. The summed E-state index contributed by atoms with van der Waals surface area (Å²) in [5, 5.41) is 2.85. The quantitative estimate of drug-likeness (QED) is 0.860. The van der Waals surface area contributed by atoms with Crippen LogP contribution in [0.1, 0.15) is 25.7 Å². The van der Waals surface area contributed by atoms with Gasteiger partial charge in [0.05, 0.1) is 0 Å². The molecule has 3 aliphatic heterocycles. The summed E-state index contributed by atoms with van der Waals surface area (Å²) >= 11 is 0. The Bertz CT molecular complexity index is 648. The average molecular weight is 331 g/mol. The van der Waals surface area contributed by atoms with Gasteiger partial charge in [-0.25, -0.2) is 9.18 Å². The molecule has 0 spiro atoms. The summed E-state index contributed by atoms with van der Waals surface area (Å²) in [7, 11) is 0. The number of anilines is 1. The van der Waals surface area contributed by atoms with Crippen molar-refractivity contribution in [2.75, 3.05) is 25.0 Å². The number of fused-ring (bicyclic) bond motifs is 4. The normalized spacial score (nSPS) is 29.2. The van der Waals surface area contributed by atoms with Crippen LogP contribution in [-0.4, -0.2) is 47.4 Å². The van der Waals surface area contributed by atoms with E-state index in [0.29, 0.717) is 43.1 Å². The van der Waals surface area contributed by atoms with Crippen molar-refractivity contribution < 1.29 is 14.0 Å². The zero-order valence-corrected chi connectivity index (χ0v) is 13.6. The maximum absolute atomic E-state index is 13.0. The summed E-state index contributed by atoms with van der Waals surface area (Å²) in [6.07, 6.45) is 3.79. The molecule has 128 valence electrons. The molecular formula is C18H22FN3O2. The number of piperidine rings is 3. The van der Waals surface area contributed by atoms with Crippen LogP contribution in [-0.2, 0) is 4.79 Å². The Morgan fingerprint density at radius 1 is 1.17 bits per heavy atom. The molecule has 2 bridgehead atoms. The molecule has 3 atom stereocenters. The van der Waals surface area contributed by atoms with Crippen molar-refractivity contribution in [1.29, 1.82) is 0 Å². The molecule has 0 radical (unpaired) electrons. The minimum absolute atomic E-state index is 0.133. The molecule has 0 saturated carbocycles. The molecule has 3 aliphatic rings. The Morgan fingerprint density at radius 2 is 1.96 bits per heavy atom. The maximum Gasteiger partial charge on any atom is 0.321 e. The highest BCUT2D eigenvalue weighted by molar-refractivity contribution is 5.89. The van der Waals surface area contributed by atoms with Gasteiger partial charge >= 0.3 is 6.03 Å². The summed E-state index contributed by atoms with van der Waals surface area (Å²) in [5.74, 6) is 0.703. The molecule has 5 nitrogen and oxygen atoms in total. The number of urea groups is 1. The summed E-state index contributed by atoms with van der Waals surface area (Å²) in [6.45, 7) is 2.15. The fourth-order valence-electron chi connectivity index (χ4n) is 4.51. The third-order valence-corrected chi connectivity index (χ3v) is 5.56. The van der Waals surface area contributed by atoms with Crippen molar-refractivity contribution in [3.63, 3.8) is 0 Å². The van der Waals surface area contributed by atoms with Crippen molar-refractivity contribution in [2.24, 2.45) is 11.8 Å². The molecule has 1 aromatic rings. The molecule has 4 rings (SSSR count). The van der Waals surface area contributed by atoms with Gasteiger partial charge in [0.15, 0.2) is 0 Å². The minimum Gasteiger partial charge on any atom is -0.339 e. The lowest BCUT2D eigenvalue weighted by atomic mass is 9.76. The van der Waals surface area contributed by atoms with Crippen LogP contribution in [0.15, 0.2) is 24.3 Å². The van der Waals surface area contributed by atoms with Crippen molar-refractivity contribution >= 4 is 17.6 Å². The number of amides is 3. The van der Waals surface area contributed by atoms with Gasteiger partial charge in [-0.15, -0.1) is 0 Å². The molecule has 3 fully saturated rings. The standard InChI is InChI=1S/C18H22FN3O2/c19-14-4-6-15(7-5-14)20-18(24)21-9-12-8-13(11-21)16-2-1-3-17(23)22(16)10-12/h4-7,12-13,16H,1-3,8-11H2,(H,20,24)/t12-,13-,16-/m1/s1. The second kappa shape index (κ2) is 6.07. The lowest BCUT2D eigenvalue weighted by Gasteiger charge is -2.52. The first-order valence-corrected chi connectivity index (χ1v) is 8.71. The Balaban J connectivity index is 1.44. The Kier molecular flexibility index (Phi) is 3.90. The van der Waals surface area contributed by atoms with E-state index in [-0.39, 0.29) is 17.8 Å². The minimum atomic E-state index is -0.317. The molecule has 6 heteroatoms. The summed E-state index contributed by atoms with van der Waals surface area (Å²) in [4.78, 5) is 28.6. The average Bonchev–Trinajstić information content (AvgIpc) is 2.58. The van der Waals surface area contributed by atoms with E-state index in [1.54, 1.807) is 12.1 Å². The number of nitrogens with one attached hydrogen (secondary N) is 1. The van der Waals surface area contributed by atoms with Gasteiger partial charge in [-0.05, 0) is 55.4 Å². The summed E-state index contributed by atoms with van der Waals surface area (Å²) in [6, 6.07) is 5.98. The van der Waals surface area contributed by atoms with Crippen molar-refractivity contribution in [3.8, 4) is 0 Å².